The summed E-state index contributed by atoms with van der Waals surface area (Å²) < 4.78 is 12.7. The number of aromatic nitrogens is 2. The maximum Gasteiger partial charge on any atom is 0.258 e. The summed E-state index contributed by atoms with van der Waals surface area (Å²) in [5.41, 5.74) is 2.02. The quantitative estimate of drug-likeness (QED) is 0.646. The average molecular weight is 385 g/mol. The monoisotopic (exact) mass is 385 g/mol. The number of nitrogens with zero attached hydrogens (tertiary/aromatic N) is 2. The summed E-state index contributed by atoms with van der Waals surface area (Å²) in [6.45, 7) is 4.38. The minimum absolute atomic E-state index is 0.0422. The van der Waals surface area contributed by atoms with Gasteiger partial charge in [0.15, 0.2) is 6.61 Å². The maximum atomic E-state index is 12.3. The molecule has 6 nitrogen and oxygen atoms in total. The van der Waals surface area contributed by atoms with Crippen LogP contribution in [0.1, 0.15) is 22.3 Å². The standard InChI is InChI=1S/C20H23N3O3S/c1-14-10-15(2)23(22-14)18(19-8-5-9-27-19)12-21-20(24)13-26-17-7-4-6-16(11-17)25-3/h4-11,18H,12-13H2,1-3H3,(H,21,24). The Morgan fingerprint density at radius 3 is 2.70 bits per heavy atom. The largest absolute Gasteiger partial charge is 0.497 e. The maximum absolute atomic E-state index is 12.3. The molecule has 3 aromatic rings. The number of methoxy groups -OCH3 is 1. The fourth-order valence-electron chi connectivity index (χ4n) is 2.85. The van der Waals surface area contributed by atoms with Crippen molar-refractivity contribution < 1.29 is 14.3 Å². The molecule has 1 aromatic carbocycles. The van der Waals surface area contributed by atoms with Crippen molar-refractivity contribution in [3.05, 3.63) is 64.1 Å². The zero-order valence-corrected chi connectivity index (χ0v) is 16.5. The van der Waals surface area contributed by atoms with E-state index in [2.05, 4.69) is 16.5 Å². The highest BCUT2D eigenvalue weighted by atomic mass is 32.1. The Morgan fingerprint density at radius 2 is 2.04 bits per heavy atom. The molecule has 2 aromatic heterocycles. The molecule has 3 rings (SSSR count). The summed E-state index contributed by atoms with van der Waals surface area (Å²) >= 11 is 1.65. The third-order valence-corrected chi connectivity index (χ3v) is 5.09. The lowest BCUT2D eigenvalue weighted by atomic mass is 10.2. The molecule has 0 bridgehead atoms. The fourth-order valence-corrected chi connectivity index (χ4v) is 3.66. The first kappa shape index (κ1) is 19.0. The molecule has 1 unspecified atom stereocenters. The summed E-state index contributed by atoms with van der Waals surface area (Å²) in [6, 6.07) is 13.2. The molecule has 1 amide bonds. The fraction of sp³-hybridized carbons (Fsp3) is 0.300. The SMILES string of the molecule is COc1cccc(OCC(=O)NCC(c2cccs2)n2nc(C)cc2C)c1. The Kier molecular flexibility index (Phi) is 6.13. The van der Waals surface area contributed by atoms with E-state index in [1.54, 1.807) is 30.6 Å². The number of hydrogen-bond acceptors (Lipinski definition) is 5. The van der Waals surface area contributed by atoms with Gasteiger partial charge < -0.3 is 14.8 Å². The number of thiophene rings is 1. The first-order chi connectivity index (χ1) is 13.1. The van der Waals surface area contributed by atoms with Crippen molar-refractivity contribution in [2.75, 3.05) is 20.3 Å². The number of ether oxygens (including phenoxy) is 2. The summed E-state index contributed by atoms with van der Waals surface area (Å²) in [5, 5.41) is 9.57. The molecule has 0 aliphatic carbocycles. The number of amides is 1. The van der Waals surface area contributed by atoms with E-state index in [1.807, 2.05) is 48.2 Å². The zero-order chi connectivity index (χ0) is 19.2. The lowest BCUT2D eigenvalue weighted by molar-refractivity contribution is -0.123. The molecule has 0 fully saturated rings. The Morgan fingerprint density at radius 1 is 1.22 bits per heavy atom. The van der Waals surface area contributed by atoms with Gasteiger partial charge in [-0.2, -0.15) is 5.10 Å². The van der Waals surface area contributed by atoms with Gasteiger partial charge in [-0.3, -0.25) is 9.48 Å². The van der Waals surface area contributed by atoms with E-state index in [0.29, 0.717) is 18.0 Å². The van der Waals surface area contributed by atoms with Crippen LogP contribution < -0.4 is 14.8 Å². The molecule has 2 heterocycles. The van der Waals surface area contributed by atoms with E-state index >= 15 is 0 Å². The number of benzene rings is 1. The molecule has 0 aliphatic heterocycles. The summed E-state index contributed by atoms with van der Waals surface area (Å²) in [7, 11) is 1.59. The average Bonchev–Trinajstić information content (AvgIpc) is 3.30. The highest BCUT2D eigenvalue weighted by Crippen LogP contribution is 2.24. The van der Waals surface area contributed by atoms with Crippen LogP contribution in [-0.2, 0) is 4.79 Å². The van der Waals surface area contributed by atoms with E-state index in [0.717, 1.165) is 16.3 Å². The van der Waals surface area contributed by atoms with Gasteiger partial charge in [-0.15, -0.1) is 11.3 Å². The molecular formula is C20H23N3O3S. The van der Waals surface area contributed by atoms with Crippen LogP contribution in [0.2, 0.25) is 0 Å². The molecule has 0 spiro atoms. The van der Waals surface area contributed by atoms with Gasteiger partial charge in [-0.05, 0) is 43.5 Å². The molecule has 0 saturated carbocycles. The van der Waals surface area contributed by atoms with Crippen molar-refractivity contribution in [3.8, 4) is 11.5 Å². The second-order valence-corrected chi connectivity index (χ2v) is 7.15. The minimum atomic E-state index is -0.180. The van der Waals surface area contributed by atoms with Crippen LogP contribution in [0.4, 0.5) is 0 Å². The summed E-state index contributed by atoms with van der Waals surface area (Å²) in [6.07, 6.45) is 0. The Bertz CT molecular complexity index is 890. The molecule has 0 aliphatic rings. The van der Waals surface area contributed by atoms with E-state index in [9.17, 15) is 4.79 Å². The highest BCUT2D eigenvalue weighted by molar-refractivity contribution is 7.10. The topological polar surface area (TPSA) is 65.4 Å². The number of nitrogens with one attached hydrogen (secondary N) is 1. The lowest BCUT2D eigenvalue weighted by Gasteiger charge is -2.19. The molecule has 0 saturated heterocycles. The van der Waals surface area contributed by atoms with Crippen LogP contribution >= 0.6 is 11.3 Å². The number of rotatable bonds is 8. The van der Waals surface area contributed by atoms with Crippen molar-refractivity contribution in [1.29, 1.82) is 0 Å². The number of aryl methyl sites for hydroxylation is 2. The van der Waals surface area contributed by atoms with Crippen LogP contribution in [0.15, 0.2) is 47.8 Å². The molecule has 0 radical (unpaired) electrons. The highest BCUT2D eigenvalue weighted by Gasteiger charge is 2.19. The third-order valence-electron chi connectivity index (χ3n) is 4.12. The van der Waals surface area contributed by atoms with Crippen molar-refractivity contribution in [2.24, 2.45) is 0 Å². The Balaban J connectivity index is 1.61. The zero-order valence-electron chi connectivity index (χ0n) is 15.6. The van der Waals surface area contributed by atoms with Gasteiger partial charge in [0.1, 0.15) is 17.5 Å². The minimum Gasteiger partial charge on any atom is -0.497 e. The number of hydrogen-bond donors (Lipinski definition) is 1. The molecule has 7 heteroatoms. The number of carbonyl (C=O) groups excluding carboxylic acids is 1. The smallest absolute Gasteiger partial charge is 0.258 e. The van der Waals surface area contributed by atoms with E-state index in [4.69, 9.17) is 9.47 Å². The van der Waals surface area contributed by atoms with Crippen LogP contribution in [-0.4, -0.2) is 35.9 Å². The second-order valence-electron chi connectivity index (χ2n) is 6.17. The Hall–Kier alpha value is -2.80. The molecule has 1 N–H and O–H groups in total. The van der Waals surface area contributed by atoms with Crippen molar-refractivity contribution in [1.82, 2.24) is 15.1 Å². The molecule has 27 heavy (non-hydrogen) atoms. The van der Waals surface area contributed by atoms with Crippen LogP contribution in [0.5, 0.6) is 11.5 Å². The third kappa shape index (κ3) is 4.89. The van der Waals surface area contributed by atoms with E-state index in [1.165, 1.54) is 0 Å². The van der Waals surface area contributed by atoms with Crippen LogP contribution in [0.3, 0.4) is 0 Å². The van der Waals surface area contributed by atoms with Gasteiger partial charge in [0.25, 0.3) is 5.91 Å². The normalized spacial score (nSPS) is 11.8. The Labute approximate surface area is 162 Å². The lowest BCUT2D eigenvalue weighted by Crippen LogP contribution is -2.34. The van der Waals surface area contributed by atoms with Crippen LogP contribution in [0.25, 0.3) is 0 Å². The van der Waals surface area contributed by atoms with Gasteiger partial charge in [-0.1, -0.05) is 12.1 Å². The molecular weight excluding hydrogens is 362 g/mol. The summed E-state index contributed by atoms with van der Waals surface area (Å²) in [5.74, 6) is 1.11. The predicted molar refractivity (Wildman–Crippen MR) is 106 cm³/mol. The van der Waals surface area contributed by atoms with Crippen molar-refractivity contribution >= 4 is 17.2 Å². The van der Waals surface area contributed by atoms with Gasteiger partial charge >= 0.3 is 0 Å². The van der Waals surface area contributed by atoms with Gasteiger partial charge in [0, 0.05) is 23.2 Å². The molecule has 142 valence electrons. The first-order valence-corrected chi connectivity index (χ1v) is 9.54. The molecule has 1 atom stereocenters. The van der Waals surface area contributed by atoms with Gasteiger partial charge in [0.2, 0.25) is 0 Å². The van der Waals surface area contributed by atoms with Gasteiger partial charge in [-0.25, -0.2) is 0 Å². The first-order valence-electron chi connectivity index (χ1n) is 8.66. The predicted octanol–water partition coefficient (Wildman–Crippen LogP) is 3.35. The van der Waals surface area contributed by atoms with E-state index in [-0.39, 0.29) is 18.6 Å². The number of carbonyl (C=O) groups is 1. The summed E-state index contributed by atoms with van der Waals surface area (Å²) in [4.78, 5) is 13.4. The van der Waals surface area contributed by atoms with Crippen molar-refractivity contribution in [3.63, 3.8) is 0 Å². The second kappa shape index (κ2) is 8.73. The van der Waals surface area contributed by atoms with E-state index < -0.39 is 0 Å². The van der Waals surface area contributed by atoms with Gasteiger partial charge in [0.05, 0.1) is 12.8 Å². The van der Waals surface area contributed by atoms with Crippen LogP contribution in [0, 0.1) is 13.8 Å². The van der Waals surface area contributed by atoms with Crippen molar-refractivity contribution in [2.45, 2.75) is 19.9 Å².